The maximum atomic E-state index is 13.7. The predicted octanol–water partition coefficient (Wildman–Crippen LogP) is 5.30. The van der Waals surface area contributed by atoms with Gasteiger partial charge in [0.25, 0.3) is 0 Å². The molecule has 0 atom stereocenters. The fraction of sp³-hybridized carbons (Fsp3) is 0.294. The molecule has 0 saturated heterocycles. The number of halogens is 2. The first-order valence-electron chi connectivity index (χ1n) is 6.91. The normalized spacial score (nSPS) is 10.8. The Kier molecular flexibility index (Phi) is 5.23. The van der Waals surface area contributed by atoms with Crippen LogP contribution in [-0.2, 0) is 6.54 Å². The lowest BCUT2D eigenvalue weighted by molar-refractivity contribution is 0.242. The van der Waals surface area contributed by atoms with E-state index < -0.39 is 0 Å². The van der Waals surface area contributed by atoms with Crippen LogP contribution in [0.25, 0.3) is 0 Å². The molecule has 1 N–H and O–H groups in total. The van der Waals surface area contributed by atoms with Gasteiger partial charge in [0, 0.05) is 22.3 Å². The molecule has 2 rings (SSSR count). The van der Waals surface area contributed by atoms with E-state index in [2.05, 4.69) is 21.2 Å². The summed E-state index contributed by atoms with van der Waals surface area (Å²) in [5.41, 5.74) is 2.68. The van der Waals surface area contributed by atoms with Gasteiger partial charge in [-0.3, -0.25) is 0 Å². The summed E-state index contributed by atoms with van der Waals surface area (Å²) in [6.45, 7) is 6.44. The molecule has 0 unspecified atom stereocenters. The predicted molar refractivity (Wildman–Crippen MR) is 88.4 cm³/mol. The van der Waals surface area contributed by atoms with Crippen LogP contribution in [-0.4, -0.2) is 6.10 Å². The summed E-state index contributed by atoms with van der Waals surface area (Å²) in [6, 6.07) is 10.8. The number of anilines is 1. The van der Waals surface area contributed by atoms with E-state index in [1.807, 2.05) is 39.0 Å². The van der Waals surface area contributed by atoms with Gasteiger partial charge in [0.2, 0.25) is 0 Å². The highest BCUT2D eigenvalue weighted by Gasteiger charge is 2.05. The molecule has 0 amide bonds. The van der Waals surface area contributed by atoms with E-state index in [4.69, 9.17) is 4.74 Å². The number of ether oxygens (including phenoxy) is 1. The van der Waals surface area contributed by atoms with Gasteiger partial charge in [-0.15, -0.1) is 0 Å². The van der Waals surface area contributed by atoms with Crippen LogP contribution in [0.15, 0.2) is 40.9 Å². The van der Waals surface area contributed by atoms with Crippen LogP contribution in [0.3, 0.4) is 0 Å². The Labute approximate surface area is 133 Å². The quantitative estimate of drug-likeness (QED) is 0.789. The molecule has 0 spiro atoms. The average molecular weight is 352 g/mol. The summed E-state index contributed by atoms with van der Waals surface area (Å²) in [6.07, 6.45) is 0.152. The number of hydrogen-bond acceptors (Lipinski definition) is 2. The van der Waals surface area contributed by atoms with Crippen molar-refractivity contribution in [3.05, 3.63) is 57.8 Å². The largest absolute Gasteiger partial charge is 0.491 e. The lowest BCUT2D eigenvalue weighted by Crippen LogP contribution is -2.07. The monoisotopic (exact) mass is 351 g/mol. The fourth-order valence-corrected chi connectivity index (χ4v) is 2.46. The first kappa shape index (κ1) is 15.8. The number of aryl methyl sites for hydroxylation is 1. The van der Waals surface area contributed by atoms with Crippen LogP contribution < -0.4 is 10.1 Å². The van der Waals surface area contributed by atoms with Gasteiger partial charge in [-0.05, 0) is 62.7 Å². The van der Waals surface area contributed by atoms with E-state index in [-0.39, 0.29) is 11.9 Å². The van der Waals surface area contributed by atoms with Crippen LogP contribution >= 0.6 is 15.9 Å². The van der Waals surface area contributed by atoms with Crippen LogP contribution in [0.2, 0.25) is 0 Å². The highest BCUT2D eigenvalue weighted by atomic mass is 79.9. The van der Waals surface area contributed by atoms with Gasteiger partial charge >= 0.3 is 0 Å². The minimum Gasteiger partial charge on any atom is -0.491 e. The maximum absolute atomic E-state index is 13.7. The Morgan fingerprint density at radius 1 is 1.19 bits per heavy atom. The lowest BCUT2D eigenvalue weighted by Gasteiger charge is -2.14. The summed E-state index contributed by atoms with van der Waals surface area (Å²) < 4.78 is 20.2. The highest BCUT2D eigenvalue weighted by molar-refractivity contribution is 9.10. The second kappa shape index (κ2) is 6.94. The molecule has 2 aromatic rings. The third-order valence-electron chi connectivity index (χ3n) is 3.05. The zero-order valence-electron chi connectivity index (χ0n) is 12.4. The Morgan fingerprint density at radius 2 is 1.95 bits per heavy atom. The number of rotatable bonds is 5. The number of nitrogens with one attached hydrogen (secondary N) is 1. The SMILES string of the molecule is Cc1cc(OC(C)C)ccc1NCc1cc(Br)ccc1F. The summed E-state index contributed by atoms with van der Waals surface area (Å²) in [7, 11) is 0. The van der Waals surface area contributed by atoms with Crippen LogP contribution in [0.4, 0.5) is 10.1 Å². The maximum Gasteiger partial charge on any atom is 0.128 e. The molecular weight excluding hydrogens is 333 g/mol. The molecule has 0 bridgehead atoms. The molecule has 0 aromatic heterocycles. The minimum atomic E-state index is -0.205. The Balaban J connectivity index is 2.08. The molecule has 112 valence electrons. The molecule has 4 heteroatoms. The van der Waals surface area contributed by atoms with Crippen molar-refractivity contribution in [2.24, 2.45) is 0 Å². The summed E-state index contributed by atoms with van der Waals surface area (Å²) >= 11 is 3.36. The van der Waals surface area contributed by atoms with E-state index in [0.29, 0.717) is 12.1 Å². The number of benzene rings is 2. The van der Waals surface area contributed by atoms with Crippen molar-refractivity contribution in [3.63, 3.8) is 0 Å². The van der Waals surface area contributed by atoms with E-state index in [9.17, 15) is 4.39 Å². The summed E-state index contributed by atoms with van der Waals surface area (Å²) in [5.74, 6) is 0.643. The first-order chi connectivity index (χ1) is 9.95. The van der Waals surface area contributed by atoms with Crippen molar-refractivity contribution in [2.75, 3.05) is 5.32 Å². The van der Waals surface area contributed by atoms with Crippen molar-refractivity contribution < 1.29 is 9.13 Å². The summed E-state index contributed by atoms with van der Waals surface area (Å²) in [5, 5.41) is 3.26. The van der Waals surface area contributed by atoms with E-state index in [1.165, 1.54) is 6.07 Å². The summed E-state index contributed by atoms with van der Waals surface area (Å²) in [4.78, 5) is 0. The average Bonchev–Trinajstić information content (AvgIpc) is 2.41. The zero-order valence-corrected chi connectivity index (χ0v) is 14.0. The second-order valence-electron chi connectivity index (χ2n) is 5.23. The van der Waals surface area contributed by atoms with Crippen molar-refractivity contribution in [2.45, 2.75) is 33.4 Å². The molecule has 21 heavy (non-hydrogen) atoms. The second-order valence-corrected chi connectivity index (χ2v) is 6.15. The molecule has 0 fully saturated rings. The van der Waals surface area contributed by atoms with Gasteiger partial charge in [0.1, 0.15) is 11.6 Å². The third kappa shape index (κ3) is 4.46. The molecule has 0 aliphatic heterocycles. The van der Waals surface area contributed by atoms with Gasteiger partial charge < -0.3 is 10.1 Å². The zero-order chi connectivity index (χ0) is 15.4. The van der Waals surface area contributed by atoms with E-state index in [0.717, 1.165) is 21.5 Å². The molecular formula is C17H19BrFNO. The minimum absolute atomic E-state index is 0.152. The van der Waals surface area contributed by atoms with Gasteiger partial charge in [-0.1, -0.05) is 15.9 Å². The smallest absolute Gasteiger partial charge is 0.128 e. The molecule has 2 aromatic carbocycles. The highest BCUT2D eigenvalue weighted by Crippen LogP contribution is 2.23. The lowest BCUT2D eigenvalue weighted by atomic mass is 10.1. The van der Waals surface area contributed by atoms with E-state index in [1.54, 1.807) is 12.1 Å². The molecule has 0 aliphatic carbocycles. The van der Waals surface area contributed by atoms with Crippen molar-refractivity contribution in [3.8, 4) is 5.75 Å². The molecule has 0 saturated carbocycles. The Morgan fingerprint density at radius 3 is 2.62 bits per heavy atom. The molecule has 0 heterocycles. The van der Waals surface area contributed by atoms with E-state index >= 15 is 0 Å². The van der Waals surface area contributed by atoms with Crippen molar-refractivity contribution in [1.29, 1.82) is 0 Å². The van der Waals surface area contributed by atoms with Crippen LogP contribution in [0.1, 0.15) is 25.0 Å². The van der Waals surface area contributed by atoms with Gasteiger partial charge in [-0.25, -0.2) is 4.39 Å². The van der Waals surface area contributed by atoms with Crippen molar-refractivity contribution >= 4 is 21.6 Å². The first-order valence-corrected chi connectivity index (χ1v) is 7.70. The van der Waals surface area contributed by atoms with Crippen molar-refractivity contribution in [1.82, 2.24) is 0 Å². The molecule has 0 radical (unpaired) electrons. The topological polar surface area (TPSA) is 21.3 Å². The van der Waals surface area contributed by atoms with Gasteiger partial charge in [-0.2, -0.15) is 0 Å². The molecule has 2 nitrogen and oxygen atoms in total. The number of hydrogen-bond donors (Lipinski definition) is 1. The fourth-order valence-electron chi connectivity index (χ4n) is 2.05. The standard InChI is InChI=1S/C17H19BrFNO/c1-11(2)21-15-5-7-17(12(3)8-15)20-10-13-9-14(18)4-6-16(13)19/h4-9,11,20H,10H2,1-3H3. The Bertz CT molecular complexity index is 628. The third-order valence-corrected chi connectivity index (χ3v) is 3.54. The Hall–Kier alpha value is -1.55. The van der Waals surface area contributed by atoms with Gasteiger partial charge in [0.05, 0.1) is 6.10 Å². The van der Waals surface area contributed by atoms with Crippen LogP contribution in [0, 0.1) is 12.7 Å². The van der Waals surface area contributed by atoms with Gasteiger partial charge in [0.15, 0.2) is 0 Å². The molecule has 0 aliphatic rings. The van der Waals surface area contributed by atoms with Crippen LogP contribution in [0.5, 0.6) is 5.75 Å².